The minimum absolute atomic E-state index is 0.485. The molecule has 1 fully saturated rings. The van der Waals surface area contributed by atoms with E-state index in [0.29, 0.717) is 23.9 Å². The maximum absolute atomic E-state index is 4.45. The van der Waals surface area contributed by atoms with Crippen LogP contribution in [0, 0.1) is 5.92 Å². The molecule has 0 aliphatic heterocycles. The molecule has 1 heterocycles. The highest BCUT2D eigenvalue weighted by Gasteiger charge is 2.19. The standard InChI is InChI=1S/C13H24N6/c1-9-5-7-10(8-6-9)15-12-16-11(14-2)17-13(18-12)19(3)4/h9-10H,5-8H2,1-4H3,(H2,14,15,16,17,18). The lowest BCUT2D eigenvalue weighted by atomic mass is 9.87. The highest BCUT2D eigenvalue weighted by molar-refractivity contribution is 5.43. The first-order valence-electron chi connectivity index (χ1n) is 6.96. The fourth-order valence-corrected chi connectivity index (χ4v) is 2.33. The fraction of sp³-hybridized carbons (Fsp3) is 0.769. The molecular formula is C13H24N6. The summed E-state index contributed by atoms with van der Waals surface area (Å²) in [4.78, 5) is 15.0. The summed E-state index contributed by atoms with van der Waals surface area (Å²) in [5.74, 6) is 2.79. The Labute approximate surface area is 115 Å². The third kappa shape index (κ3) is 3.68. The van der Waals surface area contributed by atoms with Crippen molar-refractivity contribution >= 4 is 17.8 Å². The number of hydrogen-bond donors (Lipinski definition) is 2. The SMILES string of the molecule is CNc1nc(NC2CCC(C)CC2)nc(N(C)C)n1. The summed E-state index contributed by atoms with van der Waals surface area (Å²) >= 11 is 0. The normalized spacial score (nSPS) is 22.9. The van der Waals surface area contributed by atoms with Crippen molar-refractivity contribution in [2.45, 2.75) is 38.6 Å². The zero-order chi connectivity index (χ0) is 13.8. The van der Waals surface area contributed by atoms with Gasteiger partial charge in [-0.3, -0.25) is 0 Å². The Kier molecular flexibility index (Phi) is 4.39. The number of nitrogens with one attached hydrogen (secondary N) is 2. The van der Waals surface area contributed by atoms with Crippen LogP contribution in [0.15, 0.2) is 0 Å². The van der Waals surface area contributed by atoms with Gasteiger partial charge in [0.1, 0.15) is 0 Å². The third-order valence-electron chi connectivity index (χ3n) is 3.60. The molecule has 0 amide bonds. The Hall–Kier alpha value is -1.59. The van der Waals surface area contributed by atoms with Gasteiger partial charge in [-0.2, -0.15) is 15.0 Å². The van der Waals surface area contributed by atoms with Gasteiger partial charge in [0.15, 0.2) is 0 Å². The van der Waals surface area contributed by atoms with Crippen molar-refractivity contribution in [2.24, 2.45) is 5.92 Å². The number of nitrogens with zero attached hydrogens (tertiary/aromatic N) is 4. The molecule has 19 heavy (non-hydrogen) atoms. The van der Waals surface area contributed by atoms with Crippen molar-refractivity contribution in [1.82, 2.24) is 15.0 Å². The minimum atomic E-state index is 0.485. The first-order chi connectivity index (χ1) is 9.08. The second-order valence-electron chi connectivity index (χ2n) is 5.53. The molecule has 0 aromatic carbocycles. The number of rotatable bonds is 4. The van der Waals surface area contributed by atoms with E-state index < -0.39 is 0 Å². The van der Waals surface area contributed by atoms with E-state index in [9.17, 15) is 0 Å². The van der Waals surface area contributed by atoms with Crippen LogP contribution in [0.4, 0.5) is 17.8 Å². The summed E-state index contributed by atoms with van der Waals surface area (Å²) in [7, 11) is 5.68. The topological polar surface area (TPSA) is 66.0 Å². The van der Waals surface area contributed by atoms with Crippen LogP contribution in [-0.2, 0) is 0 Å². The maximum atomic E-state index is 4.45. The summed E-state index contributed by atoms with van der Waals surface area (Å²) in [5.41, 5.74) is 0. The molecule has 2 rings (SSSR count). The van der Waals surface area contributed by atoms with Crippen LogP contribution in [0.2, 0.25) is 0 Å². The van der Waals surface area contributed by atoms with E-state index in [-0.39, 0.29) is 0 Å². The van der Waals surface area contributed by atoms with Gasteiger partial charge in [0, 0.05) is 27.2 Å². The summed E-state index contributed by atoms with van der Waals surface area (Å²) in [6, 6.07) is 0.485. The van der Waals surface area contributed by atoms with Crippen molar-refractivity contribution in [3.8, 4) is 0 Å². The second-order valence-corrected chi connectivity index (χ2v) is 5.53. The number of anilines is 3. The summed E-state index contributed by atoms with van der Waals surface area (Å²) in [5, 5.41) is 6.42. The Morgan fingerprint density at radius 1 is 1.00 bits per heavy atom. The lowest BCUT2D eigenvalue weighted by Gasteiger charge is -2.27. The molecule has 0 radical (unpaired) electrons. The van der Waals surface area contributed by atoms with E-state index in [4.69, 9.17) is 0 Å². The van der Waals surface area contributed by atoms with E-state index in [1.165, 1.54) is 25.7 Å². The van der Waals surface area contributed by atoms with Crippen LogP contribution in [-0.4, -0.2) is 42.1 Å². The molecule has 1 aliphatic rings. The molecule has 6 heteroatoms. The van der Waals surface area contributed by atoms with Gasteiger partial charge < -0.3 is 15.5 Å². The first kappa shape index (κ1) is 13.8. The van der Waals surface area contributed by atoms with Crippen molar-refractivity contribution in [3.63, 3.8) is 0 Å². The molecule has 0 saturated heterocycles. The number of aromatic nitrogens is 3. The molecule has 1 aromatic rings. The van der Waals surface area contributed by atoms with Crippen molar-refractivity contribution in [2.75, 3.05) is 36.7 Å². The predicted molar refractivity (Wildman–Crippen MR) is 78.7 cm³/mol. The third-order valence-corrected chi connectivity index (χ3v) is 3.60. The molecule has 2 N–H and O–H groups in total. The van der Waals surface area contributed by atoms with Crippen molar-refractivity contribution in [1.29, 1.82) is 0 Å². The first-order valence-corrected chi connectivity index (χ1v) is 6.96. The van der Waals surface area contributed by atoms with Crippen molar-refractivity contribution in [3.05, 3.63) is 0 Å². The predicted octanol–water partition coefficient (Wildman–Crippen LogP) is 1.97. The molecule has 0 bridgehead atoms. The Balaban J connectivity index is 2.08. The van der Waals surface area contributed by atoms with Gasteiger partial charge in [-0.25, -0.2) is 0 Å². The molecule has 6 nitrogen and oxygen atoms in total. The van der Waals surface area contributed by atoms with Gasteiger partial charge >= 0.3 is 0 Å². The van der Waals surface area contributed by atoms with Crippen LogP contribution in [0.25, 0.3) is 0 Å². The van der Waals surface area contributed by atoms with Gasteiger partial charge in [0.05, 0.1) is 0 Å². The summed E-state index contributed by atoms with van der Waals surface area (Å²) in [6.07, 6.45) is 4.95. The molecule has 1 aromatic heterocycles. The van der Waals surface area contributed by atoms with Crippen LogP contribution >= 0.6 is 0 Å². The maximum Gasteiger partial charge on any atom is 0.231 e. The fourth-order valence-electron chi connectivity index (χ4n) is 2.33. The van der Waals surface area contributed by atoms with E-state index in [1.807, 2.05) is 26.0 Å². The smallest absolute Gasteiger partial charge is 0.231 e. The van der Waals surface area contributed by atoms with Gasteiger partial charge in [-0.05, 0) is 31.6 Å². The monoisotopic (exact) mass is 264 g/mol. The summed E-state index contributed by atoms with van der Waals surface area (Å²) in [6.45, 7) is 2.32. The lowest BCUT2D eigenvalue weighted by Crippen LogP contribution is -2.27. The van der Waals surface area contributed by atoms with Crippen LogP contribution in [0.5, 0.6) is 0 Å². The van der Waals surface area contributed by atoms with Gasteiger partial charge in [-0.15, -0.1) is 0 Å². The van der Waals surface area contributed by atoms with E-state index in [1.54, 1.807) is 0 Å². The second kappa shape index (κ2) is 6.04. The highest BCUT2D eigenvalue weighted by Crippen LogP contribution is 2.25. The van der Waals surface area contributed by atoms with Crippen molar-refractivity contribution < 1.29 is 0 Å². The zero-order valence-electron chi connectivity index (χ0n) is 12.3. The zero-order valence-corrected chi connectivity index (χ0v) is 12.3. The molecule has 106 valence electrons. The largest absolute Gasteiger partial charge is 0.357 e. The average Bonchev–Trinajstić information content (AvgIpc) is 2.41. The van der Waals surface area contributed by atoms with E-state index in [0.717, 1.165) is 5.92 Å². The van der Waals surface area contributed by atoms with Gasteiger partial charge in [0.2, 0.25) is 17.8 Å². The summed E-state index contributed by atoms with van der Waals surface area (Å²) < 4.78 is 0. The quantitative estimate of drug-likeness (QED) is 0.866. The average molecular weight is 264 g/mol. The van der Waals surface area contributed by atoms with Gasteiger partial charge in [0.25, 0.3) is 0 Å². The number of hydrogen-bond acceptors (Lipinski definition) is 6. The molecule has 1 saturated carbocycles. The molecule has 0 atom stereocenters. The van der Waals surface area contributed by atoms with Crippen LogP contribution < -0.4 is 15.5 Å². The van der Waals surface area contributed by atoms with Gasteiger partial charge in [-0.1, -0.05) is 6.92 Å². The Morgan fingerprint density at radius 2 is 1.63 bits per heavy atom. The van der Waals surface area contributed by atoms with E-state index in [2.05, 4.69) is 32.5 Å². The lowest BCUT2D eigenvalue weighted by molar-refractivity contribution is 0.360. The molecular weight excluding hydrogens is 240 g/mol. The minimum Gasteiger partial charge on any atom is -0.357 e. The van der Waals surface area contributed by atoms with Crippen LogP contribution in [0.1, 0.15) is 32.6 Å². The van der Waals surface area contributed by atoms with E-state index >= 15 is 0 Å². The molecule has 0 spiro atoms. The molecule has 1 aliphatic carbocycles. The Bertz CT molecular complexity index is 412. The van der Waals surface area contributed by atoms with Crippen LogP contribution in [0.3, 0.4) is 0 Å². The Morgan fingerprint density at radius 3 is 2.21 bits per heavy atom. The highest BCUT2D eigenvalue weighted by atomic mass is 15.3. The molecule has 0 unspecified atom stereocenters.